The molecule has 0 aliphatic rings. The molecule has 0 saturated heterocycles. The van der Waals surface area contributed by atoms with Gasteiger partial charge in [0.25, 0.3) is 11.6 Å². The molecule has 116 valence electrons. The van der Waals surface area contributed by atoms with E-state index in [9.17, 15) is 14.9 Å². The lowest BCUT2D eigenvalue weighted by Gasteiger charge is -2.24. The van der Waals surface area contributed by atoms with Crippen LogP contribution in [0.1, 0.15) is 10.4 Å². The van der Waals surface area contributed by atoms with E-state index in [2.05, 4.69) is 0 Å². The number of hydrogen-bond donors (Lipinski definition) is 0. The summed E-state index contributed by atoms with van der Waals surface area (Å²) in [5.41, 5.74) is 0.416. The van der Waals surface area contributed by atoms with Gasteiger partial charge in [0, 0.05) is 44.4 Å². The number of amides is 1. The SMILES string of the molecule is COCCN(CCN(C)C)C(=O)c1ccc([N+](=O)[O-])cc1. The number of methoxy groups -OCH3 is 1. The molecule has 0 aliphatic carbocycles. The van der Waals surface area contributed by atoms with Crippen LogP contribution in [0.15, 0.2) is 24.3 Å². The van der Waals surface area contributed by atoms with E-state index in [0.29, 0.717) is 25.3 Å². The van der Waals surface area contributed by atoms with Crippen molar-refractivity contribution in [1.29, 1.82) is 0 Å². The zero-order valence-electron chi connectivity index (χ0n) is 12.6. The molecular weight excluding hydrogens is 274 g/mol. The molecule has 0 bridgehead atoms. The van der Waals surface area contributed by atoms with Crippen LogP contribution < -0.4 is 0 Å². The molecule has 21 heavy (non-hydrogen) atoms. The maximum Gasteiger partial charge on any atom is 0.269 e. The summed E-state index contributed by atoms with van der Waals surface area (Å²) in [6.45, 7) is 2.25. The number of likely N-dealkylation sites (N-methyl/N-ethyl adjacent to an activating group) is 1. The van der Waals surface area contributed by atoms with Gasteiger partial charge in [-0.2, -0.15) is 0 Å². The molecule has 7 heteroatoms. The van der Waals surface area contributed by atoms with E-state index < -0.39 is 4.92 Å². The number of carbonyl (C=O) groups is 1. The van der Waals surface area contributed by atoms with Crippen molar-refractivity contribution in [3.05, 3.63) is 39.9 Å². The van der Waals surface area contributed by atoms with Gasteiger partial charge in [0.2, 0.25) is 0 Å². The maximum absolute atomic E-state index is 12.4. The molecule has 0 atom stereocenters. The summed E-state index contributed by atoms with van der Waals surface area (Å²) < 4.78 is 5.02. The first-order valence-corrected chi connectivity index (χ1v) is 6.63. The van der Waals surface area contributed by atoms with Crippen LogP contribution in [0, 0.1) is 10.1 Å². The molecule has 1 rings (SSSR count). The zero-order valence-corrected chi connectivity index (χ0v) is 12.6. The van der Waals surface area contributed by atoms with E-state index in [1.807, 2.05) is 19.0 Å². The average Bonchev–Trinajstić information content (AvgIpc) is 2.46. The minimum atomic E-state index is -0.483. The Morgan fingerprint density at radius 2 is 1.81 bits per heavy atom. The monoisotopic (exact) mass is 295 g/mol. The third-order valence-corrected chi connectivity index (χ3v) is 2.99. The van der Waals surface area contributed by atoms with E-state index in [4.69, 9.17) is 4.74 Å². The second-order valence-corrected chi connectivity index (χ2v) is 4.89. The third-order valence-electron chi connectivity index (χ3n) is 2.99. The average molecular weight is 295 g/mol. The molecule has 0 saturated carbocycles. The fraction of sp³-hybridized carbons (Fsp3) is 0.500. The first-order valence-electron chi connectivity index (χ1n) is 6.63. The molecule has 0 spiro atoms. The molecule has 0 unspecified atom stereocenters. The minimum absolute atomic E-state index is 0.0247. The van der Waals surface area contributed by atoms with Crippen molar-refractivity contribution < 1.29 is 14.5 Å². The quantitative estimate of drug-likeness (QED) is 0.533. The van der Waals surface area contributed by atoms with Crippen LogP contribution in [-0.4, -0.2) is 68.1 Å². The van der Waals surface area contributed by atoms with Crippen LogP contribution in [0.5, 0.6) is 0 Å². The van der Waals surface area contributed by atoms with Gasteiger partial charge in [-0.15, -0.1) is 0 Å². The number of ether oxygens (including phenoxy) is 1. The van der Waals surface area contributed by atoms with Crippen molar-refractivity contribution >= 4 is 11.6 Å². The summed E-state index contributed by atoms with van der Waals surface area (Å²) in [4.78, 5) is 26.2. The van der Waals surface area contributed by atoms with Crippen LogP contribution in [0.4, 0.5) is 5.69 Å². The topological polar surface area (TPSA) is 75.9 Å². The zero-order chi connectivity index (χ0) is 15.8. The predicted octanol–water partition coefficient (Wildman–Crippen LogP) is 1.24. The van der Waals surface area contributed by atoms with E-state index >= 15 is 0 Å². The number of nitrogens with zero attached hydrogens (tertiary/aromatic N) is 3. The van der Waals surface area contributed by atoms with Crippen LogP contribution in [-0.2, 0) is 4.74 Å². The second-order valence-electron chi connectivity index (χ2n) is 4.89. The molecule has 0 fully saturated rings. The summed E-state index contributed by atoms with van der Waals surface area (Å²) in [7, 11) is 5.45. The Bertz CT molecular complexity index is 474. The first kappa shape index (κ1) is 17.1. The number of hydrogen-bond acceptors (Lipinski definition) is 5. The number of carbonyl (C=O) groups excluding carboxylic acids is 1. The molecular formula is C14H21N3O4. The van der Waals surface area contributed by atoms with Gasteiger partial charge in [0.05, 0.1) is 11.5 Å². The molecule has 1 aromatic carbocycles. The second kappa shape index (κ2) is 8.33. The highest BCUT2D eigenvalue weighted by atomic mass is 16.6. The lowest BCUT2D eigenvalue weighted by atomic mass is 10.2. The van der Waals surface area contributed by atoms with Gasteiger partial charge < -0.3 is 14.5 Å². The third kappa shape index (κ3) is 5.49. The highest BCUT2D eigenvalue weighted by Crippen LogP contribution is 2.13. The van der Waals surface area contributed by atoms with E-state index in [1.165, 1.54) is 24.3 Å². The number of rotatable bonds is 8. The maximum atomic E-state index is 12.4. The molecule has 1 amide bonds. The van der Waals surface area contributed by atoms with Gasteiger partial charge in [-0.25, -0.2) is 0 Å². The highest BCUT2D eigenvalue weighted by molar-refractivity contribution is 5.94. The van der Waals surface area contributed by atoms with Crippen LogP contribution in [0.2, 0.25) is 0 Å². The van der Waals surface area contributed by atoms with Crippen molar-refractivity contribution in [3.8, 4) is 0 Å². The van der Waals surface area contributed by atoms with Gasteiger partial charge in [0.15, 0.2) is 0 Å². The molecule has 0 heterocycles. The molecule has 0 N–H and O–H groups in total. The predicted molar refractivity (Wildman–Crippen MR) is 79.4 cm³/mol. The van der Waals surface area contributed by atoms with Gasteiger partial charge in [-0.1, -0.05) is 0 Å². The lowest BCUT2D eigenvalue weighted by Crippen LogP contribution is -2.38. The summed E-state index contributed by atoms with van der Waals surface area (Å²) in [5.74, 6) is -0.149. The summed E-state index contributed by atoms with van der Waals surface area (Å²) in [6.07, 6.45) is 0. The minimum Gasteiger partial charge on any atom is -0.383 e. The van der Waals surface area contributed by atoms with Gasteiger partial charge in [0.1, 0.15) is 0 Å². The molecule has 0 aliphatic heterocycles. The molecule has 0 radical (unpaired) electrons. The Morgan fingerprint density at radius 1 is 1.19 bits per heavy atom. The van der Waals surface area contributed by atoms with Gasteiger partial charge in [-0.3, -0.25) is 14.9 Å². The van der Waals surface area contributed by atoms with Gasteiger partial charge in [-0.05, 0) is 26.2 Å². The van der Waals surface area contributed by atoms with Crippen molar-refractivity contribution in [2.45, 2.75) is 0 Å². The smallest absolute Gasteiger partial charge is 0.269 e. The Kier molecular flexibility index (Phi) is 6.77. The van der Waals surface area contributed by atoms with Gasteiger partial charge >= 0.3 is 0 Å². The van der Waals surface area contributed by atoms with Crippen molar-refractivity contribution in [1.82, 2.24) is 9.80 Å². The van der Waals surface area contributed by atoms with Crippen molar-refractivity contribution in [2.24, 2.45) is 0 Å². The van der Waals surface area contributed by atoms with Crippen LogP contribution in [0.25, 0.3) is 0 Å². The standard InChI is InChI=1S/C14H21N3O4/c1-15(2)8-9-16(10-11-21-3)14(18)12-4-6-13(7-5-12)17(19)20/h4-7H,8-11H2,1-3H3. The van der Waals surface area contributed by atoms with Crippen LogP contribution in [0.3, 0.4) is 0 Å². The number of non-ortho nitro benzene ring substituents is 1. The van der Waals surface area contributed by atoms with Crippen LogP contribution >= 0.6 is 0 Å². The Balaban J connectivity index is 2.79. The van der Waals surface area contributed by atoms with E-state index in [-0.39, 0.29) is 11.6 Å². The fourth-order valence-corrected chi connectivity index (χ4v) is 1.75. The van der Waals surface area contributed by atoms with E-state index in [1.54, 1.807) is 12.0 Å². The summed E-state index contributed by atoms with van der Waals surface area (Å²) >= 11 is 0. The van der Waals surface area contributed by atoms with Crippen molar-refractivity contribution in [2.75, 3.05) is 47.4 Å². The normalized spacial score (nSPS) is 10.7. The number of nitro benzene ring substituents is 1. The first-order chi connectivity index (χ1) is 9.95. The number of benzene rings is 1. The Morgan fingerprint density at radius 3 is 2.29 bits per heavy atom. The van der Waals surface area contributed by atoms with E-state index in [0.717, 1.165) is 6.54 Å². The molecule has 1 aromatic rings. The van der Waals surface area contributed by atoms with Crippen molar-refractivity contribution in [3.63, 3.8) is 0 Å². The Hall–Kier alpha value is -1.99. The molecule has 0 aromatic heterocycles. The summed E-state index contributed by atoms with van der Waals surface area (Å²) in [5, 5.41) is 10.6. The molecule has 7 nitrogen and oxygen atoms in total. The largest absolute Gasteiger partial charge is 0.383 e. The fourth-order valence-electron chi connectivity index (χ4n) is 1.75. The Labute approximate surface area is 124 Å². The summed E-state index contributed by atoms with van der Waals surface area (Å²) in [6, 6.07) is 5.65. The number of nitro groups is 1. The highest BCUT2D eigenvalue weighted by Gasteiger charge is 2.16. The lowest BCUT2D eigenvalue weighted by molar-refractivity contribution is -0.384.